The van der Waals surface area contributed by atoms with Gasteiger partial charge in [-0.25, -0.2) is 0 Å². The number of ether oxygens (including phenoxy) is 3. The second-order valence-electron chi connectivity index (χ2n) is 4.16. The Morgan fingerprint density at radius 1 is 0.577 bits per heavy atom. The molecule has 0 saturated heterocycles. The molecule has 0 atom stereocenters. The van der Waals surface area contributed by atoms with E-state index in [1.807, 2.05) is 0 Å². The summed E-state index contributed by atoms with van der Waals surface area (Å²) < 4.78 is 14.7. The van der Waals surface area contributed by atoms with Crippen molar-refractivity contribution in [3.05, 3.63) is 53.3 Å². The summed E-state index contributed by atoms with van der Waals surface area (Å²) in [6.07, 6.45) is 0. The fourth-order valence-corrected chi connectivity index (χ4v) is 1.53. The van der Waals surface area contributed by atoms with Gasteiger partial charge in [-0.2, -0.15) is 22.7 Å². The summed E-state index contributed by atoms with van der Waals surface area (Å²) >= 11 is 0. The van der Waals surface area contributed by atoms with Gasteiger partial charge in [0.1, 0.15) is 5.75 Å². The van der Waals surface area contributed by atoms with Crippen LogP contribution < -0.4 is 14.2 Å². The number of hydrogen-bond donors (Lipinski definition) is 0. The molecule has 0 aliphatic carbocycles. The molecule has 0 aliphatic heterocycles. The molecule has 0 saturated carbocycles. The van der Waals surface area contributed by atoms with Gasteiger partial charge in [0.05, 0.1) is 21.3 Å². The summed E-state index contributed by atoms with van der Waals surface area (Å²) in [6.45, 7) is 0. The molecular weight excluding hydrogens is 435 g/mol. The molecule has 0 aromatic heterocycles. The van der Waals surface area contributed by atoms with E-state index >= 15 is 0 Å². The number of hydrogen-bond acceptors (Lipinski definition) is 3. The van der Waals surface area contributed by atoms with Crippen molar-refractivity contribution in [2.45, 2.75) is 14.9 Å². The van der Waals surface area contributed by atoms with Gasteiger partial charge in [-0.3, -0.25) is 0 Å². The van der Waals surface area contributed by atoms with Crippen LogP contribution >= 0.6 is 0 Å². The van der Waals surface area contributed by atoms with E-state index in [0.29, 0.717) is 17.2 Å². The Bertz CT molecular complexity index is 615. The largest absolute Gasteiger partial charge is 2.00 e. The number of rotatable bonds is 3. The van der Waals surface area contributed by atoms with Crippen LogP contribution in [0.3, 0.4) is 0 Å². The molecule has 2 aromatic rings. The van der Waals surface area contributed by atoms with Gasteiger partial charge in [0.25, 0.3) is 0 Å². The summed E-state index contributed by atoms with van der Waals surface area (Å²) in [7, 11) is 4.54. The zero-order valence-corrected chi connectivity index (χ0v) is 15.1. The second-order valence-corrected chi connectivity index (χ2v) is 4.16. The van der Waals surface area contributed by atoms with Crippen LogP contribution in [0.15, 0.2) is 30.3 Å². The van der Waals surface area contributed by atoms with E-state index in [1.54, 1.807) is 19.2 Å². The fourth-order valence-electron chi connectivity index (χ4n) is 1.53. The van der Waals surface area contributed by atoms with Crippen molar-refractivity contribution in [2.75, 3.05) is 21.3 Å². The molecule has 0 amide bonds. The smallest absolute Gasteiger partial charge is 0.700 e. The first-order valence-electron chi connectivity index (χ1n) is 6.23. The van der Waals surface area contributed by atoms with E-state index in [9.17, 15) is 0 Å². The van der Waals surface area contributed by atoms with Gasteiger partial charge < -0.3 is 37.1 Å². The quantitative estimate of drug-likeness (QED) is 0.442. The maximum Gasteiger partial charge on any atom is 2.00 e. The van der Waals surface area contributed by atoms with Gasteiger partial charge in [-0.05, 0) is 24.3 Å². The molecule has 0 spiro atoms. The van der Waals surface area contributed by atoms with Crippen molar-refractivity contribution in [1.29, 1.82) is 0 Å². The first kappa shape index (κ1) is 31.8. The predicted octanol–water partition coefficient (Wildman–Crippen LogP) is 7.40. The van der Waals surface area contributed by atoms with Crippen LogP contribution in [0.5, 0.6) is 17.2 Å². The average molecular weight is 462 g/mol. The van der Waals surface area contributed by atoms with Gasteiger partial charge in [0, 0.05) is 0 Å². The number of nitrogens with one attached hydrogen (secondary N) is 4. The molecule has 154 valence electrons. The third-order valence-corrected chi connectivity index (χ3v) is 2.75. The van der Waals surface area contributed by atoms with Gasteiger partial charge in [0.2, 0.25) is 0 Å². The fraction of sp³-hybridized carbons (Fsp3) is 0.294. The molecule has 2 radical (unpaired) electrons. The van der Waals surface area contributed by atoms with E-state index in [2.05, 4.69) is 0 Å². The molecule has 7 nitrogen and oxygen atoms in total. The van der Waals surface area contributed by atoms with Crippen molar-refractivity contribution >= 4 is 22.7 Å². The van der Waals surface area contributed by atoms with Crippen molar-refractivity contribution in [1.82, 2.24) is 0 Å². The van der Waals surface area contributed by atoms with Crippen LogP contribution in [0.25, 0.3) is 22.9 Å². The zero-order valence-electron chi connectivity index (χ0n) is 13.2. The minimum Gasteiger partial charge on any atom is -0.700 e. The van der Waals surface area contributed by atoms with Crippen molar-refractivity contribution in [3.8, 4) is 17.2 Å². The maximum atomic E-state index is 7.31. The van der Waals surface area contributed by atoms with E-state index in [-0.39, 0.29) is 71.7 Å². The Balaban J connectivity index is -0.000000163. The Hall–Kier alpha value is -1.92. The number of benzene rings is 2. The first-order valence-corrected chi connectivity index (χ1v) is 6.23. The molecule has 2 rings (SSSR count). The molecule has 0 heterocycles. The van der Waals surface area contributed by atoms with E-state index in [0.717, 1.165) is 0 Å². The van der Waals surface area contributed by atoms with Crippen LogP contribution in [0.4, 0.5) is 22.7 Å². The van der Waals surface area contributed by atoms with E-state index < -0.39 is 0 Å². The minimum absolute atomic E-state index is 0. The van der Waals surface area contributed by atoms with Crippen molar-refractivity contribution < 1.29 is 48.3 Å². The molecule has 0 bridgehead atoms. The summed E-state index contributed by atoms with van der Waals surface area (Å²) in [6, 6.07) is 7.65. The summed E-state index contributed by atoms with van der Waals surface area (Å²) in [5, 5.41) is 0. The molecule has 26 heavy (non-hydrogen) atoms. The number of methoxy groups -OCH3 is 3. The molecule has 2 aromatic carbocycles. The van der Waals surface area contributed by atoms with Crippen LogP contribution in [-0.4, -0.2) is 21.3 Å². The Morgan fingerprint density at radius 2 is 0.962 bits per heavy atom. The van der Waals surface area contributed by atoms with Crippen LogP contribution in [0.1, 0.15) is 14.9 Å². The monoisotopic (exact) mass is 460 g/mol. The van der Waals surface area contributed by atoms with E-state index in [1.165, 1.54) is 32.4 Å². The SMILES string of the molecule is C.C.COc1cc([NH-])c([NH-])cc1OC.COc1ccc([NH-])c([NH-])c1.[Cu+2].[Cu+2]. The van der Waals surface area contributed by atoms with E-state index in [4.69, 9.17) is 37.1 Å². The molecule has 0 aliphatic rings. The molecule has 0 unspecified atom stereocenters. The van der Waals surface area contributed by atoms with Crippen LogP contribution in [-0.2, 0) is 34.1 Å². The molecule has 0 fully saturated rings. The van der Waals surface area contributed by atoms with Gasteiger partial charge in [0.15, 0.2) is 11.5 Å². The standard InChI is InChI=1S/C8H10N2O2.C7H8N2O.2CH4.2Cu/c1-11-7-3-5(9)6(10)4-8(7)12-2;1-10-5-2-3-6(8)7(9)4-5;;;;/h3-4,9-10H,1-2H3;2-4,8-9H,1H3;2*1H4;;/q2*-2;;;2*+2. The average Bonchev–Trinajstić information content (AvgIpc) is 2.52. The van der Waals surface area contributed by atoms with Crippen molar-refractivity contribution in [2.24, 2.45) is 0 Å². The summed E-state index contributed by atoms with van der Waals surface area (Å²) in [4.78, 5) is 0. The summed E-state index contributed by atoms with van der Waals surface area (Å²) in [5.74, 6) is 1.60. The third kappa shape index (κ3) is 8.97. The van der Waals surface area contributed by atoms with Crippen LogP contribution in [0.2, 0.25) is 0 Å². The Morgan fingerprint density at radius 3 is 1.27 bits per heavy atom. The van der Waals surface area contributed by atoms with Crippen LogP contribution in [0, 0.1) is 0 Å². The molecular formula is C17H26Cu2N4O3. The first-order chi connectivity index (χ1) is 10.4. The maximum absolute atomic E-state index is 7.31. The zero-order chi connectivity index (χ0) is 16.7. The normalized spacial score (nSPS) is 7.96. The van der Waals surface area contributed by atoms with Gasteiger partial charge in [-0.15, -0.1) is 0 Å². The topological polar surface area (TPSA) is 123 Å². The Kier molecular flexibility index (Phi) is 18.8. The summed E-state index contributed by atoms with van der Waals surface area (Å²) in [5.41, 5.74) is 29.7. The molecule has 4 N–H and O–H groups in total. The van der Waals surface area contributed by atoms with Gasteiger partial charge in [-0.1, -0.05) is 20.9 Å². The second kappa shape index (κ2) is 15.3. The predicted molar refractivity (Wildman–Crippen MR) is 102 cm³/mol. The molecule has 9 heteroatoms. The van der Waals surface area contributed by atoms with Crippen molar-refractivity contribution in [3.63, 3.8) is 0 Å². The Labute approximate surface area is 177 Å². The van der Waals surface area contributed by atoms with Gasteiger partial charge >= 0.3 is 34.1 Å². The third-order valence-electron chi connectivity index (χ3n) is 2.75. The minimum atomic E-state index is 0.